The van der Waals surface area contributed by atoms with Gasteiger partial charge in [-0.25, -0.2) is 4.79 Å². The average Bonchev–Trinajstić information content (AvgIpc) is 2.13. The molecule has 0 bridgehead atoms. The Labute approximate surface area is 88.8 Å². The standard InChI is InChI=1S/C9H17NO3S/c1-3-4-6-13-9(12)10-5-7-14-8(2)11/h3-7H2,1-2H3,(H,10,12). The first-order chi connectivity index (χ1) is 6.66. The number of thioether (sulfide) groups is 1. The van der Waals surface area contributed by atoms with Gasteiger partial charge in [0.25, 0.3) is 0 Å². The van der Waals surface area contributed by atoms with Gasteiger partial charge in [-0.1, -0.05) is 25.1 Å². The molecule has 0 saturated heterocycles. The van der Waals surface area contributed by atoms with Crippen molar-refractivity contribution < 1.29 is 14.3 Å². The highest BCUT2D eigenvalue weighted by atomic mass is 32.2. The first-order valence-electron chi connectivity index (χ1n) is 4.70. The number of hydrogen-bond donors (Lipinski definition) is 1. The van der Waals surface area contributed by atoms with Crippen LogP contribution in [-0.4, -0.2) is 30.1 Å². The zero-order chi connectivity index (χ0) is 10.8. The number of carbonyl (C=O) groups is 2. The normalized spacial score (nSPS) is 9.57. The molecule has 0 aromatic carbocycles. The summed E-state index contributed by atoms with van der Waals surface area (Å²) in [5.74, 6) is 0.595. The van der Waals surface area contributed by atoms with Crippen LogP contribution in [-0.2, 0) is 9.53 Å². The summed E-state index contributed by atoms with van der Waals surface area (Å²) in [5, 5.41) is 2.62. The zero-order valence-electron chi connectivity index (χ0n) is 8.67. The van der Waals surface area contributed by atoms with E-state index in [4.69, 9.17) is 4.74 Å². The molecular formula is C9H17NO3S. The Morgan fingerprint density at radius 2 is 2.14 bits per heavy atom. The molecule has 0 heterocycles. The van der Waals surface area contributed by atoms with E-state index in [1.54, 1.807) is 0 Å². The van der Waals surface area contributed by atoms with E-state index >= 15 is 0 Å². The van der Waals surface area contributed by atoms with Crippen molar-refractivity contribution >= 4 is 23.0 Å². The highest BCUT2D eigenvalue weighted by Crippen LogP contribution is 1.98. The predicted octanol–water partition coefficient (Wildman–Crippen LogP) is 1.79. The lowest BCUT2D eigenvalue weighted by atomic mass is 10.4. The molecule has 0 aliphatic heterocycles. The highest BCUT2D eigenvalue weighted by Gasteiger charge is 2.00. The van der Waals surface area contributed by atoms with Gasteiger partial charge in [-0.05, 0) is 6.42 Å². The number of ether oxygens (including phenoxy) is 1. The SMILES string of the molecule is CCCCOC(=O)NCCSC(C)=O. The van der Waals surface area contributed by atoms with Gasteiger partial charge in [-0.2, -0.15) is 0 Å². The van der Waals surface area contributed by atoms with Crippen molar-refractivity contribution in [1.29, 1.82) is 0 Å². The van der Waals surface area contributed by atoms with Crippen LogP contribution in [0.1, 0.15) is 26.7 Å². The second kappa shape index (κ2) is 8.87. The summed E-state index contributed by atoms with van der Waals surface area (Å²) in [6, 6.07) is 0. The molecule has 14 heavy (non-hydrogen) atoms. The largest absolute Gasteiger partial charge is 0.450 e. The molecule has 0 spiro atoms. The molecule has 0 fully saturated rings. The minimum atomic E-state index is -0.400. The van der Waals surface area contributed by atoms with Gasteiger partial charge >= 0.3 is 6.09 Å². The Morgan fingerprint density at radius 3 is 2.71 bits per heavy atom. The third kappa shape index (κ3) is 9.38. The fourth-order valence-corrected chi connectivity index (χ4v) is 1.20. The van der Waals surface area contributed by atoms with E-state index in [1.807, 2.05) is 6.92 Å². The maximum Gasteiger partial charge on any atom is 0.407 e. The first-order valence-corrected chi connectivity index (χ1v) is 5.69. The third-order valence-corrected chi connectivity index (χ3v) is 2.22. The van der Waals surface area contributed by atoms with Gasteiger partial charge in [0.1, 0.15) is 0 Å². The summed E-state index contributed by atoms with van der Waals surface area (Å²) in [5.41, 5.74) is 0. The number of hydrogen-bond acceptors (Lipinski definition) is 4. The Bertz CT molecular complexity index is 185. The van der Waals surface area contributed by atoms with Crippen molar-refractivity contribution in [2.24, 2.45) is 0 Å². The van der Waals surface area contributed by atoms with Crippen LogP contribution in [0.15, 0.2) is 0 Å². The third-order valence-electron chi connectivity index (χ3n) is 1.41. The van der Waals surface area contributed by atoms with E-state index in [-0.39, 0.29) is 5.12 Å². The Kier molecular flexibility index (Phi) is 8.42. The van der Waals surface area contributed by atoms with E-state index in [0.29, 0.717) is 18.9 Å². The number of nitrogens with one attached hydrogen (secondary N) is 1. The van der Waals surface area contributed by atoms with Gasteiger partial charge in [-0.3, -0.25) is 4.79 Å². The smallest absolute Gasteiger partial charge is 0.407 e. The van der Waals surface area contributed by atoms with Crippen LogP contribution in [0.5, 0.6) is 0 Å². The first kappa shape index (κ1) is 13.3. The van der Waals surface area contributed by atoms with E-state index < -0.39 is 6.09 Å². The van der Waals surface area contributed by atoms with E-state index in [0.717, 1.165) is 12.8 Å². The maximum atomic E-state index is 10.9. The number of carbonyl (C=O) groups excluding carboxylic acids is 2. The summed E-state index contributed by atoms with van der Waals surface area (Å²) >= 11 is 1.19. The molecule has 0 atom stereocenters. The van der Waals surface area contributed by atoms with Gasteiger partial charge in [-0.15, -0.1) is 0 Å². The minimum absolute atomic E-state index is 0.0613. The Hall–Kier alpha value is -0.710. The second-order valence-electron chi connectivity index (χ2n) is 2.76. The van der Waals surface area contributed by atoms with Crippen LogP contribution < -0.4 is 5.32 Å². The van der Waals surface area contributed by atoms with Gasteiger partial charge < -0.3 is 10.1 Å². The maximum absolute atomic E-state index is 10.9. The number of rotatable bonds is 6. The van der Waals surface area contributed by atoms with E-state index in [9.17, 15) is 9.59 Å². The van der Waals surface area contributed by atoms with Crippen molar-refractivity contribution in [2.45, 2.75) is 26.7 Å². The molecule has 0 aromatic rings. The monoisotopic (exact) mass is 219 g/mol. The second-order valence-corrected chi connectivity index (χ2v) is 4.03. The molecule has 82 valence electrons. The Balaban J connectivity index is 3.22. The predicted molar refractivity (Wildman–Crippen MR) is 57.4 cm³/mol. The summed E-state index contributed by atoms with van der Waals surface area (Å²) in [6.45, 7) is 4.46. The van der Waals surface area contributed by atoms with E-state index in [1.165, 1.54) is 18.7 Å². The molecule has 4 nitrogen and oxygen atoms in total. The summed E-state index contributed by atoms with van der Waals surface area (Å²) in [6.07, 6.45) is 1.49. The average molecular weight is 219 g/mol. The van der Waals surface area contributed by atoms with Crippen LogP contribution in [0.4, 0.5) is 4.79 Å². The van der Waals surface area contributed by atoms with Crippen molar-refractivity contribution in [3.8, 4) is 0 Å². The molecule has 0 aliphatic rings. The molecule has 0 aromatic heterocycles. The van der Waals surface area contributed by atoms with Gasteiger partial charge in [0.05, 0.1) is 6.61 Å². The van der Waals surface area contributed by atoms with Gasteiger partial charge in [0.15, 0.2) is 5.12 Å². The zero-order valence-corrected chi connectivity index (χ0v) is 9.49. The molecule has 0 rings (SSSR count). The molecule has 0 saturated carbocycles. The van der Waals surface area contributed by atoms with E-state index in [2.05, 4.69) is 5.32 Å². The van der Waals surface area contributed by atoms with Crippen LogP contribution in [0.3, 0.4) is 0 Å². The Morgan fingerprint density at radius 1 is 1.43 bits per heavy atom. The number of unbranched alkanes of at least 4 members (excludes halogenated alkanes) is 1. The highest BCUT2D eigenvalue weighted by molar-refractivity contribution is 8.13. The molecule has 0 radical (unpaired) electrons. The summed E-state index contributed by atoms with van der Waals surface area (Å²) in [4.78, 5) is 21.5. The van der Waals surface area contributed by atoms with Crippen LogP contribution in [0.25, 0.3) is 0 Å². The summed E-state index contributed by atoms with van der Waals surface area (Å²) in [7, 11) is 0. The van der Waals surface area contributed by atoms with Crippen LogP contribution in [0.2, 0.25) is 0 Å². The van der Waals surface area contributed by atoms with Crippen molar-refractivity contribution in [3.05, 3.63) is 0 Å². The topological polar surface area (TPSA) is 55.4 Å². The molecule has 1 amide bonds. The van der Waals surface area contributed by atoms with Crippen LogP contribution in [0, 0.1) is 0 Å². The molecular weight excluding hydrogens is 202 g/mol. The molecule has 1 N–H and O–H groups in total. The number of amides is 1. The fraction of sp³-hybridized carbons (Fsp3) is 0.778. The minimum Gasteiger partial charge on any atom is -0.450 e. The molecule has 0 aliphatic carbocycles. The van der Waals surface area contributed by atoms with Crippen LogP contribution >= 0.6 is 11.8 Å². The van der Waals surface area contributed by atoms with Gasteiger partial charge in [0, 0.05) is 19.2 Å². The van der Waals surface area contributed by atoms with Crippen molar-refractivity contribution in [2.75, 3.05) is 18.9 Å². The molecule has 5 heteroatoms. The lowest BCUT2D eigenvalue weighted by Gasteiger charge is -2.05. The fourth-order valence-electron chi connectivity index (χ4n) is 0.708. The van der Waals surface area contributed by atoms with Gasteiger partial charge in [0.2, 0.25) is 0 Å². The number of alkyl carbamates (subject to hydrolysis) is 1. The lowest BCUT2D eigenvalue weighted by molar-refractivity contribution is -0.109. The molecule has 0 unspecified atom stereocenters. The lowest BCUT2D eigenvalue weighted by Crippen LogP contribution is -2.27. The summed E-state index contributed by atoms with van der Waals surface area (Å²) < 4.78 is 4.85. The quantitative estimate of drug-likeness (QED) is 0.692. The van der Waals surface area contributed by atoms with Crippen molar-refractivity contribution in [1.82, 2.24) is 5.32 Å². The van der Waals surface area contributed by atoms with Crippen molar-refractivity contribution in [3.63, 3.8) is 0 Å².